The fraction of sp³-hybridized carbons (Fsp3) is 0.821. The van der Waals surface area contributed by atoms with E-state index in [1.807, 2.05) is 20.8 Å². The monoisotopic (exact) mass is 510 g/mol. The van der Waals surface area contributed by atoms with E-state index in [4.69, 9.17) is 4.74 Å². The highest BCUT2D eigenvalue weighted by Gasteiger charge is 2.51. The van der Waals surface area contributed by atoms with Crippen LogP contribution in [-0.2, 0) is 9.53 Å². The summed E-state index contributed by atoms with van der Waals surface area (Å²) in [6.07, 6.45) is 9.70. The molecule has 0 heterocycles. The maximum absolute atomic E-state index is 12.2. The van der Waals surface area contributed by atoms with Crippen molar-refractivity contribution in [2.24, 2.45) is 34.5 Å². The summed E-state index contributed by atoms with van der Waals surface area (Å²) in [5, 5.41) is 11.3. The summed E-state index contributed by atoms with van der Waals surface area (Å²) in [5.74, 6) is 1.56. The summed E-state index contributed by atoms with van der Waals surface area (Å²) in [7, 11) is 0. The van der Waals surface area contributed by atoms with Crippen molar-refractivity contribution in [3.8, 4) is 0 Å². The second-order valence-electron chi connectivity index (χ2n) is 11.8. The van der Waals surface area contributed by atoms with Gasteiger partial charge in [-0.25, -0.2) is 0 Å². The number of carbonyl (C=O) groups excluding carboxylic acids is 1. The van der Waals surface area contributed by atoms with Crippen molar-refractivity contribution >= 4 is 21.9 Å². The number of fused-ring (bicyclic) bond motifs is 1. The van der Waals surface area contributed by atoms with Gasteiger partial charge in [-0.2, -0.15) is 0 Å². The smallest absolute Gasteiger partial charge is 0.311 e. The Balaban J connectivity index is 2.04. The number of unbranched alkanes of at least 4 members (excludes halogenated alkanes) is 1. The van der Waals surface area contributed by atoms with Crippen LogP contribution in [0.5, 0.6) is 0 Å². The topological polar surface area (TPSA) is 46.5 Å². The normalized spacial score (nSPS) is 29.9. The maximum atomic E-state index is 12.2. The van der Waals surface area contributed by atoms with E-state index < -0.39 is 11.5 Å². The predicted octanol–water partition coefficient (Wildman–Crippen LogP) is 7.82. The lowest BCUT2D eigenvalue weighted by atomic mass is 9.61. The number of ether oxygens (including phenoxy) is 1. The molecule has 4 heteroatoms. The molecule has 0 bridgehead atoms. The van der Waals surface area contributed by atoms with E-state index >= 15 is 0 Å². The molecule has 0 spiro atoms. The van der Waals surface area contributed by atoms with Crippen LogP contribution in [0.25, 0.3) is 0 Å². The first kappa shape index (κ1) is 27.6. The van der Waals surface area contributed by atoms with Crippen molar-refractivity contribution in [1.29, 1.82) is 0 Å². The van der Waals surface area contributed by atoms with Gasteiger partial charge in [0.1, 0.15) is 6.61 Å². The molecular weight excluding hydrogens is 464 g/mol. The molecule has 32 heavy (non-hydrogen) atoms. The number of aliphatic hydroxyl groups excluding tert-OH is 1. The molecule has 0 aromatic rings. The van der Waals surface area contributed by atoms with Crippen LogP contribution in [0.15, 0.2) is 22.7 Å². The van der Waals surface area contributed by atoms with Crippen molar-refractivity contribution < 1.29 is 14.6 Å². The van der Waals surface area contributed by atoms with Crippen molar-refractivity contribution in [2.75, 3.05) is 6.61 Å². The van der Waals surface area contributed by atoms with Gasteiger partial charge in [-0.05, 0) is 99.4 Å². The van der Waals surface area contributed by atoms with E-state index in [2.05, 4.69) is 48.3 Å². The Morgan fingerprint density at radius 1 is 1.38 bits per heavy atom. The van der Waals surface area contributed by atoms with E-state index in [1.165, 1.54) is 32.1 Å². The van der Waals surface area contributed by atoms with Gasteiger partial charge in [0.2, 0.25) is 0 Å². The third-order valence-corrected chi connectivity index (χ3v) is 8.92. The van der Waals surface area contributed by atoms with Crippen LogP contribution < -0.4 is 0 Å². The molecule has 184 valence electrons. The summed E-state index contributed by atoms with van der Waals surface area (Å²) in [6, 6.07) is 0. The molecule has 1 N–H and O–H groups in total. The van der Waals surface area contributed by atoms with Gasteiger partial charge in [0, 0.05) is 5.92 Å². The minimum absolute atomic E-state index is 0.0143. The van der Waals surface area contributed by atoms with E-state index in [0.717, 1.165) is 31.3 Å². The molecule has 2 saturated carbocycles. The molecule has 0 aromatic carbocycles. The first-order valence-electron chi connectivity index (χ1n) is 12.8. The second kappa shape index (κ2) is 11.7. The summed E-state index contributed by atoms with van der Waals surface area (Å²) in [5.41, 5.74) is 2.26. The minimum atomic E-state index is -0.525. The molecule has 2 aliphatic carbocycles. The Labute approximate surface area is 205 Å². The highest BCUT2D eigenvalue weighted by molar-refractivity contribution is 9.11. The molecule has 0 aliphatic heterocycles. The van der Waals surface area contributed by atoms with Crippen LogP contribution in [0.1, 0.15) is 99.3 Å². The number of rotatable bonds is 10. The number of carbonyl (C=O) groups is 1. The fourth-order valence-corrected chi connectivity index (χ4v) is 6.98. The Bertz CT molecular complexity index is 677. The summed E-state index contributed by atoms with van der Waals surface area (Å²) in [4.78, 5) is 14.4. The van der Waals surface area contributed by atoms with Crippen molar-refractivity contribution in [3.63, 3.8) is 0 Å². The van der Waals surface area contributed by atoms with Crippen LogP contribution in [0.4, 0.5) is 0 Å². The Morgan fingerprint density at radius 2 is 2.06 bits per heavy atom. The molecular formula is C28H47BrO3. The van der Waals surface area contributed by atoms with Gasteiger partial charge in [0.15, 0.2) is 0 Å². The van der Waals surface area contributed by atoms with E-state index in [-0.39, 0.29) is 18.5 Å². The SMILES string of the molecule is C=C(COC(=O)C(C)(C)C)[C@@H](CCCC)[C@H](O)C[C@@H](C)[C@H]1CC[C@H]2C(=CBr)CCC[C@]12C. The highest BCUT2D eigenvalue weighted by Crippen LogP contribution is 2.60. The lowest BCUT2D eigenvalue weighted by Gasteiger charge is -2.44. The average molecular weight is 512 g/mol. The number of hydrogen-bond acceptors (Lipinski definition) is 3. The molecule has 2 fully saturated rings. The predicted molar refractivity (Wildman–Crippen MR) is 138 cm³/mol. The Kier molecular flexibility index (Phi) is 10.1. The van der Waals surface area contributed by atoms with Crippen LogP contribution in [-0.4, -0.2) is 23.8 Å². The highest BCUT2D eigenvalue weighted by atomic mass is 79.9. The van der Waals surface area contributed by atoms with Gasteiger partial charge < -0.3 is 9.84 Å². The minimum Gasteiger partial charge on any atom is -0.461 e. The number of esters is 1. The van der Waals surface area contributed by atoms with Gasteiger partial charge in [-0.15, -0.1) is 0 Å². The Morgan fingerprint density at radius 3 is 2.66 bits per heavy atom. The van der Waals surface area contributed by atoms with Gasteiger partial charge >= 0.3 is 5.97 Å². The van der Waals surface area contributed by atoms with Crippen LogP contribution in [0.3, 0.4) is 0 Å². The van der Waals surface area contributed by atoms with Crippen molar-refractivity contribution in [3.05, 3.63) is 22.7 Å². The zero-order valence-corrected chi connectivity index (χ0v) is 23.0. The second-order valence-corrected chi connectivity index (χ2v) is 12.3. The molecule has 0 amide bonds. The quantitative estimate of drug-likeness (QED) is 0.240. The number of hydrogen-bond donors (Lipinski definition) is 1. The van der Waals surface area contributed by atoms with E-state index in [0.29, 0.717) is 23.2 Å². The summed E-state index contributed by atoms with van der Waals surface area (Å²) >= 11 is 3.62. The third-order valence-electron chi connectivity index (χ3n) is 8.34. The van der Waals surface area contributed by atoms with Gasteiger partial charge in [-0.3, -0.25) is 4.79 Å². The van der Waals surface area contributed by atoms with Crippen LogP contribution in [0, 0.1) is 34.5 Å². The van der Waals surface area contributed by atoms with E-state index in [1.54, 1.807) is 5.57 Å². The standard InChI is InChI=1S/C28H47BrO3/c1-8-9-12-22(20(3)18-32-26(31)27(4,5)6)25(30)16-19(2)23-13-14-24-21(17-29)11-10-15-28(23,24)7/h17,19,22-25,30H,3,8-16,18H2,1-2,4-7H3/t19-,22-,23-,24+,25-,28-/m1/s1. The fourth-order valence-electron chi connectivity index (χ4n) is 6.43. The van der Waals surface area contributed by atoms with Gasteiger partial charge in [0.25, 0.3) is 0 Å². The molecule has 0 unspecified atom stereocenters. The van der Waals surface area contributed by atoms with Crippen LogP contribution in [0.2, 0.25) is 0 Å². The number of allylic oxidation sites excluding steroid dienone is 1. The summed E-state index contributed by atoms with van der Waals surface area (Å²) in [6.45, 7) is 17.0. The molecule has 3 nitrogen and oxygen atoms in total. The lowest BCUT2D eigenvalue weighted by Crippen LogP contribution is -2.37. The van der Waals surface area contributed by atoms with E-state index in [9.17, 15) is 9.90 Å². The number of aliphatic hydroxyl groups is 1. The van der Waals surface area contributed by atoms with Crippen molar-refractivity contribution in [1.82, 2.24) is 0 Å². The Hall–Kier alpha value is -0.610. The molecule has 2 rings (SSSR count). The van der Waals surface area contributed by atoms with Crippen LogP contribution >= 0.6 is 15.9 Å². The first-order chi connectivity index (χ1) is 15.0. The lowest BCUT2D eigenvalue weighted by molar-refractivity contribution is -0.152. The molecule has 2 aliphatic rings. The average Bonchev–Trinajstić information content (AvgIpc) is 3.08. The summed E-state index contributed by atoms with van der Waals surface area (Å²) < 4.78 is 5.53. The number of halogens is 1. The molecule has 6 atom stereocenters. The molecule has 0 saturated heterocycles. The van der Waals surface area contributed by atoms with Crippen molar-refractivity contribution in [2.45, 2.75) is 105 Å². The zero-order chi connectivity index (χ0) is 24.1. The zero-order valence-electron chi connectivity index (χ0n) is 21.4. The third kappa shape index (κ3) is 6.50. The first-order valence-corrected chi connectivity index (χ1v) is 13.7. The maximum Gasteiger partial charge on any atom is 0.311 e. The van der Waals surface area contributed by atoms with Gasteiger partial charge in [-0.1, -0.05) is 61.7 Å². The largest absolute Gasteiger partial charge is 0.461 e. The molecule has 0 aromatic heterocycles. The molecule has 0 radical (unpaired) electrons. The van der Waals surface area contributed by atoms with Gasteiger partial charge in [0.05, 0.1) is 11.5 Å².